The summed E-state index contributed by atoms with van der Waals surface area (Å²) in [5, 5.41) is 12.9. The van der Waals surface area contributed by atoms with Crippen LogP contribution in [0.1, 0.15) is 31.9 Å². The molecule has 0 spiro atoms. The Kier molecular flexibility index (Phi) is 4.24. The largest absolute Gasteiger partial charge is 0.493 e. The molecule has 0 amide bonds. The number of nitrogens with zero attached hydrogens (tertiary/aromatic N) is 1. The highest BCUT2D eigenvalue weighted by molar-refractivity contribution is 5.76. The van der Waals surface area contributed by atoms with Crippen LogP contribution < -0.4 is 19.5 Å². The Morgan fingerprint density at radius 2 is 2.29 bits per heavy atom. The number of hydrogen-bond acceptors (Lipinski definition) is 7. The van der Waals surface area contributed by atoms with Crippen LogP contribution in [0.2, 0.25) is 0 Å². The molecular weight excluding hydrogens is 312 g/mol. The van der Waals surface area contributed by atoms with Crippen LogP contribution >= 0.6 is 0 Å². The predicted octanol–water partition coefficient (Wildman–Crippen LogP) is 1.92. The summed E-state index contributed by atoms with van der Waals surface area (Å²) < 4.78 is 21.3. The third-order valence-electron chi connectivity index (χ3n) is 4.47. The first-order chi connectivity index (χ1) is 11.5. The maximum atomic E-state index is 12.1. The van der Waals surface area contributed by atoms with Crippen molar-refractivity contribution in [3.63, 3.8) is 0 Å². The third-order valence-corrected chi connectivity index (χ3v) is 4.47. The van der Waals surface area contributed by atoms with E-state index < -0.39 is 11.5 Å². The highest BCUT2D eigenvalue weighted by Gasteiger charge is 2.48. The van der Waals surface area contributed by atoms with Gasteiger partial charge in [-0.25, -0.2) is 0 Å². The molecule has 2 aliphatic heterocycles. The van der Waals surface area contributed by atoms with Gasteiger partial charge in [0.2, 0.25) is 12.5 Å². The Labute approximate surface area is 140 Å². The monoisotopic (exact) mass is 332 g/mol. The lowest BCUT2D eigenvalue weighted by atomic mass is 9.80. The quantitative estimate of drug-likeness (QED) is 0.842. The molecular formula is C17H20N2O5. The zero-order valence-electron chi connectivity index (χ0n) is 13.9. The zero-order valence-corrected chi connectivity index (χ0v) is 13.9. The molecule has 0 aliphatic carbocycles. The second kappa shape index (κ2) is 6.21. The van der Waals surface area contributed by atoms with Crippen molar-refractivity contribution in [3.8, 4) is 23.3 Å². The summed E-state index contributed by atoms with van der Waals surface area (Å²) >= 11 is 0. The van der Waals surface area contributed by atoms with Crippen LogP contribution in [-0.4, -0.2) is 32.5 Å². The van der Waals surface area contributed by atoms with Crippen molar-refractivity contribution in [1.29, 1.82) is 5.26 Å². The van der Waals surface area contributed by atoms with Gasteiger partial charge in [0.25, 0.3) is 0 Å². The van der Waals surface area contributed by atoms with Gasteiger partial charge in [-0.15, -0.1) is 0 Å². The SMILES string of the molecule is CCOC(=O)C1C[C@](C)(C#N)C(c2cc(OC)c3c(c2)OCO3)N1. The fraction of sp³-hybridized carbons (Fsp3) is 0.529. The summed E-state index contributed by atoms with van der Waals surface area (Å²) in [6.07, 6.45) is 0.379. The molecule has 7 nitrogen and oxygen atoms in total. The molecule has 2 aliphatic rings. The first kappa shape index (κ1) is 16.4. The molecule has 1 saturated heterocycles. The van der Waals surface area contributed by atoms with Gasteiger partial charge < -0.3 is 18.9 Å². The Morgan fingerprint density at radius 3 is 2.96 bits per heavy atom. The van der Waals surface area contributed by atoms with E-state index in [9.17, 15) is 10.1 Å². The van der Waals surface area contributed by atoms with E-state index in [-0.39, 0.29) is 18.8 Å². The number of nitriles is 1. The number of nitrogens with one attached hydrogen (secondary N) is 1. The number of esters is 1. The number of carbonyl (C=O) groups excluding carboxylic acids is 1. The molecule has 24 heavy (non-hydrogen) atoms. The zero-order chi connectivity index (χ0) is 17.3. The number of carbonyl (C=O) groups is 1. The van der Waals surface area contributed by atoms with Crippen molar-refractivity contribution in [2.45, 2.75) is 32.4 Å². The molecule has 0 saturated carbocycles. The van der Waals surface area contributed by atoms with E-state index in [1.54, 1.807) is 14.0 Å². The Hall–Kier alpha value is -2.46. The van der Waals surface area contributed by atoms with E-state index in [1.165, 1.54) is 0 Å². The summed E-state index contributed by atoms with van der Waals surface area (Å²) in [6, 6.07) is 5.11. The van der Waals surface area contributed by atoms with Gasteiger partial charge in [-0.2, -0.15) is 5.26 Å². The number of fused-ring (bicyclic) bond motifs is 1. The van der Waals surface area contributed by atoms with Crippen LogP contribution in [0.25, 0.3) is 0 Å². The highest BCUT2D eigenvalue weighted by Crippen LogP contribution is 2.48. The topological polar surface area (TPSA) is 89.8 Å². The standard InChI is InChI=1S/C17H20N2O5/c1-4-22-16(20)11-7-17(2,8-18)15(19-11)10-5-12(21-3)14-13(6-10)23-9-24-14/h5-6,11,15,19H,4,7,9H2,1-3H3/t11?,15?,17-/m1/s1. The van der Waals surface area contributed by atoms with E-state index in [1.807, 2.05) is 19.1 Å². The molecule has 0 radical (unpaired) electrons. The first-order valence-corrected chi connectivity index (χ1v) is 7.84. The lowest BCUT2D eigenvalue weighted by Gasteiger charge is -2.24. The molecule has 0 bridgehead atoms. The third kappa shape index (κ3) is 2.63. The van der Waals surface area contributed by atoms with Gasteiger partial charge in [-0.3, -0.25) is 10.1 Å². The lowest BCUT2D eigenvalue weighted by Crippen LogP contribution is -2.34. The summed E-state index contributed by atoms with van der Waals surface area (Å²) in [7, 11) is 1.55. The number of rotatable bonds is 4. The first-order valence-electron chi connectivity index (χ1n) is 7.84. The normalized spacial score (nSPS) is 27.6. The number of ether oxygens (including phenoxy) is 4. The summed E-state index contributed by atoms with van der Waals surface area (Å²) in [4.78, 5) is 12.1. The van der Waals surface area contributed by atoms with Crippen molar-refractivity contribution in [2.24, 2.45) is 5.41 Å². The summed E-state index contributed by atoms with van der Waals surface area (Å²) in [5.41, 5.74) is 0.0582. The minimum Gasteiger partial charge on any atom is -0.493 e. The van der Waals surface area contributed by atoms with Gasteiger partial charge in [0, 0.05) is 0 Å². The minimum atomic E-state index is -0.754. The fourth-order valence-electron chi connectivity index (χ4n) is 3.27. The van der Waals surface area contributed by atoms with Gasteiger partial charge in [0.15, 0.2) is 11.5 Å². The van der Waals surface area contributed by atoms with E-state index in [4.69, 9.17) is 18.9 Å². The maximum absolute atomic E-state index is 12.1. The van der Waals surface area contributed by atoms with Crippen molar-refractivity contribution < 1.29 is 23.7 Å². The highest BCUT2D eigenvalue weighted by atomic mass is 16.7. The molecule has 0 aromatic heterocycles. The molecule has 128 valence electrons. The average molecular weight is 332 g/mol. The van der Waals surface area contributed by atoms with Crippen LogP contribution in [0.15, 0.2) is 12.1 Å². The van der Waals surface area contributed by atoms with Crippen molar-refractivity contribution in [1.82, 2.24) is 5.32 Å². The Morgan fingerprint density at radius 1 is 1.50 bits per heavy atom. The van der Waals surface area contributed by atoms with E-state index in [0.717, 1.165) is 5.56 Å². The van der Waals surface area contributed by atoms with Gasteiger partial charge >= 0.3 is 5.97 Å². The summed E-state index contributed by atoms with van der Waals surface area (Å²) in [5.74, 6) is 1.33. The Bertz CT molecular complexity index is 699. The Balaban J connectivity index is 1.96. The molecule has 1 aromatic rings. The average Bonchev–Trinajstić information content (AvgIpc) is 3.18. The lowest BCUT2D eigenvalue weighted by molar-refractivity contribution is -0.145. The van der Waals surface area contributed by atoms with E-state index >= 15 is 0 Å². The van der Waals surface area contributed by atoms with Gasteiger partial charge in [0.05, 0.1) is 31.2 Å². The van der Waals surface area contributed by atoms with Crippen molar-refractivity contribution in [2.75, 3.05) is 20.5 Å². The summed E-state index contributed by atoms with van der Waals surface area (Å²) in [6.45, 7) is 4.04. The van der Waals surface area contributed by atoms with Crippen molar-refractivity contribution in [3.05, 3.63) is 17.7 Å². The van der Waals surface area contributed by atoms with Gasteiger partial charge in [-0.05, 0) is 38.0 Å². The predicted molar refractivity (Wildman–Crippen MR) is 83.8 cm³/mol. The molecule has 3 atom stereocenters. The van der Waals surface area contributed by atoms with E-state index in [0.29, 0.717) is 30.3 Å². The van der Waals surface area contributed by atoms with Crippen molar-refractivity contribution >= 4 is 5.97 Å². The van der Waals surface area contributed by atoms with Gasteiger partial charge in [0.1, 0.15) is 6.04 Å². The molecule has 1 fully saturated rings. The minimum absolute atomic E-state index is 0.133. The number of methoxy groups -OCH3 is 1. The molecule has 2 unspecified atom stereocenters. The van der Waals surface area contributed by atoms with E-state index in [2.05, 4.69) is 11.4 Å². The second-order valence-corrected chi connectivity index (χ2v) is 6.09. The number of benzene rings is 1. The van der Waals surface area contributed by atoms with Gasteiger partial charge in [-0.1, -0.05) is 0 Å². The van der Waals surface area contributed by atoms with Crippen LogP contribution in [-0.2, 0) is 9.53 Å². The van der Waals surface area contributed by atoms with Crippen LogP contribution in [0, 0.1) is 16.7 Å². The molecule has 7 heteroatoms. The second-order valence-electron chi connectivity index (χ2n) is 6.09. The molecule has 1 N–H and O–H groups in total. The smallest absolute Gasteiger partial charge is 0.323 e. The van der Waals surface area contributed by atoms with Crippen LogP contribution in [0.3, 0.4) is 0 Å². The van der Waals surface area contributed by atoms with Crippen LogP contribution in [0.4, 0.5) is 0 Å². The van der Waals surface area contributed by atoms with Crippen LogP contribution in [0.5, 0.6) is 17.2 Å². The molecule has 3 rings (SSSR count). The number of hydrogen-bond donors (Lipinski definition) is 1. The molecule has 1 aromatic carbocycles. The molecule has 2 heterocycles. The fourth-order valence-corrected chi connectivity index (χ4v) is 3.27. The maximum Gasteiger partial charge on any atom is 0.323 e.